The van der Waals surface area contributed by atoms with Gasteiger partial charge < -0.3 is 15.4 Å². The van der Waals surface area contributed by atoms with Crippen LogP contribution in [0.15, 0.2) is 47.4 Å². The molecular weight excluding hydrogens is 448 g/mol. The van der Waals surface area contributed by atoms with Crippen molar-refractivity contribution < 1.29 is 22.7 Å². The first-order chi connectivity index (χ1) is 14.2. The standard InChI is InChI=1S/C20H23ClN2O5S2/c1-28-15-5-3-14(4-6-15)9-10-22-19(24)12-29-13-20(25)23-18-11-16(30(2,26)27)7-8-17(18)21/h3-8,11H,9-10,12-13H2,1-2H3,(H,22,24)(H,23,25). The van der Waals surface area contributed by atoms with E-state index >= 15 is 0 Å². The average molecular weight is 471 g/mol. The zero-order valence-electron chi connectivity index (χ0n) is 16.6. The number of hydrogen-bond donors (Lipinski definition) is 2. The number of halogens is 1. The van der Waals surface area contributed by atoms with Gasteiger partial charge in [0, 0.05) is 12.8 Å². The number of hydrogen-bond acceptors (Lipinski definition) is 6. The normalized spacial score (nSPS) is 11.0. The molecule has 2 amide bonds. The molecule has 2 aromatic rings. The molecule has 0 bridgehead atoms. The topological polar surface area (TPSA) is 102 Å². The van der Waals surface area contributed by atoms with E-state index in [0.29, 0.717) is 13.0 Å². The molecule has 0 unspecified atom stereocenters. The fourth-order valence-corrected chi connectivity index (χ4v) is 3.90. The number of sulfone groups is 1. The first kappa shape index (κ1) is 24.0. The molecule has 0 saturated heterocycles. The van der Waals surface area contributed by atoms with Crippen molar-refractivity contribution in [2.24, 2.45) is 0 Å². The van der Waals surface area contributed by atoms with E-state index in [1.165, 1.54) is 18.2 Å². The fourth-order valence-electron chi connectivity index (χ4n) is 2.44. The van der Waals surface area contributed by atoms with Crippen LogP contribution < -0.4 is 15.4 Å². The molecule has 0 heterocycles. The van der Waals surface area contributed by atoms with Gasteiger partial charge in [-0.3, -0.25) is 9.59 Å². The molecule has 0 saturated carbocycles. The lowest BCUT2D eigenvalue weighted by molar-refractivity contribution is -0.118. The lowest BCUT2D eigenvalue weighted by atomic mass is 10.1. The summed E-state index contributed by atoms with van der Waals surface area (Å²) in [6.07, 6.45) is 1.76. The number of benzene rings is 2. The molecule has 0 aliphatic carbocycles. The van der Waals surface area contributed by atoms with E-state index in [-0.39, 0.29) is 38.9 Å². The van der Waals surface area contributed by atoms with Crippen molar-refractivity contribution in [1.29, 1.82) is 0 Å². The molecule has 0 aliphatic rings. The van der Waals surface area contributed by atoms with Crippen molar-refractivity contribution in [3.63, 3.8) is 0 Å². The summed E-state index contributed by atoms with van der Waals surface area (Å²) >= 11 is 7.17. The third kappa shape index (κ3) is 7.89. The molecular formula is C20H23ClN2O5S2. The highest BCUT2D eigenvalue weighted by Gasteiger charge is 2.13. The molecule has 0 radical (unpaired) electrons. The molecule has 2 rings (SSSR count). The van der Waals surface area contributed by atoms with Gasteiger partial charge in [-0.05, 0) is 42.3 Å². The SMILES string of the molecule is COc1ccc(CCNC(=O)CSCC(=O)Nc2cc(S(C)(=O)=O)ccc2Cl)cc1. The van der Waals surface area contributed by atoms with Crippen LogP contribution in [0.5, 0.6) is 5.75 Å². The van der Waals surface area contributed by atoms with Gasteiger partial charge in [-0.15, -0.1) is 11.8 Å². The molecule has 30 heavy (non-hydrogen) atoms. The van der Waals surface area contributed by atoms with Crippen LogP contribution >= 0.6 is 23.4 Å². The van der Waals surface area contributed by atoms with Crippen LogP contribution in [0.1, 0.15) is 5.56 Å². The summed E-state index contributed by atoms with van der Waals surface area (Å²) in [6, 6.07) is 11.7. The largest absolute Gasteiger partial charge is 0.497 e. The molecule has 2 N–H and O–H groups in total. The maximum Gasteiger partial charge on any atom is 0.234 e. The Kier molecular flexibility index (Phi) is 9.01. The molecule has 0 fully saturated rings. The van der Waals surface area contributed by atoms with Crippen molar-refractivity contribution in [1.82, 2.24) is 5.32 Å². The number of nitrogens with one attached hydrogen (secondary N) is 2. The number of anilines is 1. The third-order valence-corrected chi connectivity index (χ3v) is 6.37. The summed E-state index contributed by atoms with van der Waals surface area (Å²) < 4.78 is 28.4. The van der Waals surface area contributed by atoms with Gasteiger partial charge in [0.1, 0.15) is 5.75 Å². The summed E-state index contributed by atoms with van der Waals surface area (Å²) in [6.45, 7) is 0.492. The summed E-state index contributed by atoms with van der Waals surface area (Å²) in [5.41, 5.74) is 1.30. The van der Waals surface area contributed by atoms with E-state index in [0.717, 1.165) is 29.3 Å². The molecule has 162 valence electrons. The number of methoxy groups -OCH3 is 1. The van der Waals surface area contributed by atoms with Crippen LogP contribution in [-0.2, 0) is 25.8 Å². The van der Waals surface area contributed by atoms with Gasteiger partial charge in [-0.2, -0.15) is 0 Å². The van der Waals surface area contributed by atoms with Gasteiger partial charge >= 0.3 is 0 Å². The first-order valence-corrected chi connectivity index (χ1v) is 12.4. The monoisotopic (exact) mass is 470 g/mol. The minimum absolute atomic E-state index is 0.0331. The van der Waals surface area contributed by atoms with Crippen LogP contribution in [0.4, 0.5) is 5.69 Å². The maximum atomic E-state index is 12.1. The lowest BCUT2D eigenvalue weighted by Gasteiger charge is -2.09. The van der Waals surface area contributed by atoms with E-state index in [1.807, 2.05) is 24.3 Å². The molecule has 0 aromatic heterocycles. The summed E-state index contributed by atoms with van der Waals surface area (Å²) in [5.74, 6) is 0.400. The molecule has 2 aromatic carbocycles. The van der Waals surface area contributed by atoms with Gasteiger partial charge in [0.2, 0.25) is 11.8 Å². The van der Waals surface area contributed by atoms with E-state index in [9.17, 15) is 18.0 Å². The van der Waals surface area contributed by atoms with Crippen LogP contribution in [-0.4, -0.2) is 51.6 Å². The van der Waals surface area contributed by atoms with Crippen molar-refractivity contribution in [3.8, 4) is 5.75 Å². The molecule has 7 nitrogen and oxygen atoms in total. The number of amides is 2. The van der Waals surface area contributed by atoms with Crippen LogP contribution in [0, 0.1) is 0 Å². The Bertz CT molecular complexity index is 995. The highest BCUT2D eigenvalue weighted by atomic mass is 35.5. The fraction of sp³-hybridized carbons (Fsp3) is 0.300. The number of rotatable bonds is 10. The van der Waals surface area contributed by atoms with Gasteiger partial charge in [-0.25, -0.2) is 8.42 Å². The molecule has 0 spiro atoms. The first-order valence-electron chi connectivity index (χ1n) is 8.96. The summed E-state index contributed by atoms with van der Waals surface area (Å²) in [4.78, 5) is 24.0. The van der Waals surface area contributed by atoms with Crippen molar-refractivity contribution in [2.75, 3.05) is 36.7 Å². The van der Waals surface area contributed by atoms with Gasteiger partial charge in [-0.1, -0.05) is 23.7 Å². The minimum atomic E-state index is -3.41. The van der Waals surface area contributed by atoms with Crippen LogP contribution in [0.3, 0.4) is 0 Å². The summed E-state index contributed by atoms with van der Waals surface area (Å²) in [5, 5.41) is 5.61. The van der Waals surface area contributed by atoms with Gasteiger partial charge in [0.05, 0.1) is 34.2 Å². The molecule has 0 atom stereocenters. The smallest absolute Gasteiger partial charge is 0.234 e. The Labute approximate surface area is 185 Å². The average Bonchev–Trinajstić information content (AvgIpc) is 2.69. The number of ether oxygens (including phenoxy) is 1. The predicted molar refractivity (Wildman–Crippen MR) is 120 cm³/mol. The zero-order chi connectivity index (χ0) is 22.1. The number of carbonyl (C=O) groups is 2. The van der Waals surface area contributed by atoms with E-state index in [2.05, 4.69) is 10.6 Å². The molecule has 0 aliphatic heterocycles. The van der Waals surface area contributed by atoms with E-state index < -0.39 is 9.84 Å². The Morgan fingerprint density at radius 2 is 1.73 bits per heavy atom. The minimum Gasteiger partial charge on any atom is -0.497 e. The Balaban J connectivity index is 1.71. The maximum absolute atomic E-state index is 12.1. The van der Waals surface area contributed by atoms with Gasteiger partial charge in [0.25, 0.3) is 0 Å². The van der Waals surface area contributed by atoms with Crippen molar-refractivity contribution in [3.05, 3.63) is 53.1 Å². The van der Waals surface area contributed by atoms with Gasteiger partial charge in [0.15, 0.2) is 9.84 Å². The number of thioether (sulfide) groups is 1. The Hall–Kier alpha value is -2.23. The zero-order valence-corrected chi connectivity index (χ0v) is 19.0. The second-order valence-electron chi connectivity index (χ2n) is 6.40. The lowest BCUT2D eigenvalue weighted by Crippen LogP contribution is -2.28. The van der Waals surface area contributed by atoms with Crippen molar-refractivity contribution in [2.45, 2.75) is 11.3 Å². The van der Waals surface area contributed by atoms with E-state index in [4.69, 9.17) is 16.3 Å². The second kappa shape index (κ2) is 11.2. The number of carbonyl (C=O) groups excluding carboxylic acids is 2. The van der Waals surface area contributed by atoms with Crippen molar-refractivity contribution >= 4 is 50.7 Å². The van der Waals surface area contributed by atoms with Crippen LogP contribution in [0.25, 0.3) is 0 Å². The second-order valence-corrected chi connectivity index (χ2v) is 9.81. The highest BCUT2D eigenvalue weighted by Crippen LogP contribution is 2.25. The predicted octanol–water partition coefficient (Wildman–Crippen LogP) is 2.78. The van der Waals surface area contributed by atoms with E-state index in [1.54, 1.807) is 7.11 Å². The Morgan fingerprint density at radius 3 is 2.37 bits per heavy atom. The van der Waals surface area contributed by atoms with Crippen LogP contribution in [0.2, 0.25) is 5.02 Å². The quantitative estimate of drug-likeness (QED) is 0.553. The highest BCUT2D eigenvalue weighted by molar-refractivity contribution is 8.00. The molecule has 10 heteroatoms. The summed E-state index contributed by atoms with van der Waals surface area (Å²) in [7, 11) is -1.81. The Morgan fingerprint density at radius 1 is 1.07 bits per heavy atom. The third-order valence-electron chi connectivity index (χ3n) is 4.00.